The maximum Gasteiger partial charge on any atom is 0.416 e. The van der Waals surface area contributed by atoms with E-state index >= 15 is 0 Å². The van der Waals surface area contributed by atoms with Gasteiger partial charge < -0.3 is 14.8 Å². The van der Waals surface area contributed by atoms with Crippen LogP contribution in [0.3, 0.4) is 0 Å². The van der Waals surface area contributed by atoms with Gasteiger partial charge in [0.15, 0.2) is 0 Å². The lowest BCUT2D eigenvalue weighted by atomic mass is 10.0. The monoisotopic (exact) mass is 539 g/mol. The SMILES string of the molecule is COC(=O)[C@H](Cc1ccc(OCc2ccccc2)cc1)NC(=O)Cc1cc(C(F)(F)F)cc(C(F)(F)F)c1. The van der Waals surface area contributed by atoms with Crippen LogP contribution in [0.1, 0.15) is 27.8 Å². The highest BCUT2D eigenvalue weighted by molar-refractivity contribution is 5.85. The molecule has 1 atom stereocenters. The van der Waals surface area contributed by atoms with E-state index in [1.54, 1.807) is 24.3 Å². The van der Waals surface area contributed by atoms with E-state index in [-0.39, 0.29) is 12.5 Å². The van der Waals surface area contributed by atoms with Crippen LogP contribution in [0, 0.1) is 0 Å². The number of rotatable bonds is 9. The van der Waals surface area contributed by atoms with Crippen molar-refractivity contribution >= 4 is 11.9 Å². The van der Waals surface area contributed by atoms with Crippen LogP contribution in [0.5, 0.6) is 5.75 Å². The third kappa shape index (κ3) is 8.25. The molecule has 202 valence electrons. The highest BCUT2D eigenvalue weighted by Crippen LogP contribution is 2.36. The molecule has 0 saturated heterocycles. The topological polar surface area (TPSA) is 64.6 Å². The van der Waals surface area contributed by atoms with Crippen LogP contribution in [0.25, 0.3) is 0 Å². The molecule has 0 aliphatic carbocycles. The fourth-order valence-corrected chi connectivity index (χ4v) is 3.59. The number of hydrogen-bond acceptors (Lipinski definition) is 4. The van der Waals surface area contributed by atoms with Gasteiger partial charge in [0.25, 0.3) is 0 Å². The van der Waals surface area contributed by atoms with E-state index in [2.05, 4.69) is 5.32 Å². The molecule has 1 N–H and O–H groups in total. The van der Waals surface area contributed by atoms with Crippen LogP contribution in [0.4, 0.5) is 26.3 Å². The van der Waals surface area contributed by atoms with Crippen molar-refractivity contribution in [3.8, 4) is 5.75 Å². The lowest BCUT2D eigenvalue weighted by Crippen LogP contribution is -2.43. The van der Waals surface area contributed by atoms with Gasteiger partial charge in [-0.3, -0.25) is 4.79 Å². The Labute approximate surface area is 214 Å². The van der Waals surface area contributed by atoms with Crippen LogP contribution in [0.2, 0.25) is 0 Å². The molecule has 3 aromatic carbocycles. The van der Waals surface area contributed by atoms with Gasteiger partial charge in [0, 0.05) is 6.42 Å². The van der Waals surface area contributed by atoms with Crippen molar-refractivity contribution in [2.45, 2.75) is 37.8 Å². The molecule has 3 rings (SSSR count). The number of hydrogen-bond donors (Lipinski definition) is 1. The molecule has 0 aliphatic rings. The van der Waals surface area contributed by atoms with Crippen molar-refractivity contribution in [2.75, 3.05) is 7.11 Å². The molecule has 0 heterocycles. The number of nitrogens with one attached hydrogen (secondary N) is 1. The van der Waals surface area contributed by atoms with Crippen LogP contribution in [-0.2, 0) is 46.1 Å². The van der Waals surface area contributed by atoms with Gasteiger partial charge >= 0.3 is 18.3 Å². The minimum Gasteiger partial charge on any atom is -0.489 e. The molecule has 0 radical (unpaired) electrons. The molecular formula is C27H23F6NO4. The van der Waals surface area contributed by atoms with Crippen molar-refractivity contribution in [3.63, 3.8) is 0 Å². The van der Waals surface area contributed by atoms with E-state index in [0.29, 0.717) is 30.1 Å². The smallest absolute Gasteiger partial charge is 0.416 e. The first-order valence-corrected chi connectivity index (χ1v) is 11.3. The number of esters is 1. The lowest BCUT2D eigenvalue weighted by Gasteiger charge is -2.18. The normalized spacial score (nSPS) is 12.5. The average Bonchev–Trinajstić information content (AvgIpc) is 2.86. The Bertz CT molecular complexity index is 1210. The van der Waals surface area contributed by atoms with Gasteiger partial charge in [-0.1, -0.05) is 42.5 Å². The zero-order valence-electron chi connectivity index (χ0n) is 20.0. The molecular weight excluding hydrogens is 516 g/mol. The number of carbonyl (C=O) groups is 2. The number of amides is 1. The number of carbonyl (C=O) groups excluding carboxylic acids is 2. The zero-order chi connectivity index (χ0) is 27.9. The fraction of sp³-hybridized carbons (Fsp3) is 0.259. The number of ether oxygens (including phenoxy) is 2. The molecule has 38 heavy (non-hydrogen) atoms. The second-order valence-electron chi connectivity index (χ2n) is 8.36. The summed E-state index contributed by atoms with van der Waals surface area (Å²) in [6, 6.07) is 15.8. The van der Waals surface area contributed by atoms with Crippen molar-refractivity contribution in [1.82, 2.24) is 5.32 Å². The first kappa shape index (κ1) is 28.5. The number of halogens is 6. The molecule has 0 unspecified atom stereocenters. The highest BCUT2D eigenvalue weighted by atomic mass is 19.4. The maximum atomic E-state index is 13.1. The Morgan fingerprint density at radius 3 is 1.89 bits per heavy atom. The van der Waals surface area contributed by atoms with E-state index in [1.165, 1.54) is 0 Å². The van der Waals surface area contributed by atoms with Crippen molar-refractivity contribution in [1.29, 1.82) is 0 Å². The number of methoxy groups -OCH3 is 1. The van der Waals surface area contributed by atoms with Crippen LogP contribution >= 0.6 is 0 Å². The van der Waals surface area contributed by atoms with Crippen LogP contribution in [0.15, 0.2) is 72.8 Å². The van der Waals surface area contributed by atoms with Crippen molar-refractivity contribution in [2.24, 2.45) is 0 Å². The Morgan fingerprint density at radius 2 is 1.37 bits per heavy atom. The highest BCUT2D eigenvalue weighted by Gasteiger charge is 2.37. The maximum absolute atomic E-state index is 13.1. The van der Waals surface area contributed by atoms with Crippen molar-refractivity contribution in [3.05, 3.63) is 101 Å². The summed E-state index contributed by atoms with van der Waals surface area (Å²) in [5, 5.41) is 2.34. The minimum atomic E-state index is -5.04. The molecule has 0 aromatic heterocycles. The third-order valence-corrected chi connectivity index (χ3v) is 5.44. The Kier molecular flexibility index (Phi) is 9.03. The molecule has 0 fully saturated rings. The summed E-state index contributed by atoms with van der Waals surface area (Å²) < 4.78 is 89.0. The standard InChI is InChI=1S/C27H23F6NO4/c1-37-25(36)23(13-17-7-9-22(10-8-17)38-16-18-5-3-2-4-6-18)34-24(35)14-19-11-20(26(28,29)30)15-21(12-19)27(31,32)33/h2-12,15,23H,13-14,16H2,1H3,(H,34,35)/t23-/m0/s1. The van der Waals surface area contributed by atoms with E-state index in [0.717, 1.165) is 12.7 Å². The lowest BCUT2D eigenvalue weighted by molar-refractivity contribution is -0.145. The van der Waals surface area contributed by atoms with E-state index in [1.807, 2.05) is 30.3 Å². The third-order valence-electron chi connectivity index (χ3n) is 5.44. The summed E-state index contributed by atoms with van der Waals surface area (Å²) in [4.78, 5) is 24.8. The van der Waals surface area contributed by atoms with Gasteiger partial charge in [-0.2, -0.15) is 26.3 Å². The Balaban J connectivity index is 1.68. The van der Waals surface area contributed by atoms with Gasteiger partial charge in [0.2, 0.25) is 5.91 Å². The quantitative estimate of drug-likeness (QED) is 0.278. The minimum absolute atomic E-state index is 0.0219. The summed E-state index contributed by atoms with van der Waals surface area (Å²) in [5.41, 5.74) is -2.00. The zero-order valence-corrected chi connectivity index (χ0v) is 20.0. The Hall–Kier alpha value is -4.02. The predicted molar refractivity (Wildman–Crippen MR) is 125 cm³/mol. The summed E-state index contributed by atoms with van der Waals surface area (Å²) in [7, 11) is 1.09. The molecule has 5 nitrogen and oxygen atoms in total. The summed E-state index contributed by atoms with van der Waals surface area (Å²) in [6.07, 6.45) is -10.9. The summed E-state index contributed by atoms with van der Waals surface area (Å²) in [6.45, 7) is 0.340. The number of alkyl halides is 6. The van der Waals surface area contributed by atoms with Crippen LogP contribution in [-0.4, -0.2) is 25.0 Å². The van der Waals surface area contributed by atoms with Gasteiger partial charge in [0.1, 0.15) is 18.4 Å². The first-order chi connectivity index (χ1) is 17.8. The average molecular weight is 539 g/mol. The second kappa shape index (κ2) is 12.0. The molecule has 0 aliphatic heterocycles. The Morgan fingerprint density at radius 1 is 0.789 bits per heavy atom. The molecule has 3 aromatic rings. The fourth-order valence-electron chi connectivity index (χ4n) is 3.59. The van der Waals surface area contributed by atoms with E-state index in [4.69, 9.17) is 9.47 Å². The summed E-state index contributed by atoms with van der Waals surface area (Å²) in [5.74, 6) is -1.22. The van der Waals surface area contributed by atoms with E-state index in [9.17, 15) is 35.9 Å². The largest absolute Gasteiger partial charge is 0.489 e. The molecule has 0 saturated carbocycles. The van der Waals surface area contributed by atoms with Gasteiger partial charge in [0.05, 0.1) is 24.7 Å². The van der Waals surface area contributed by atoms with Crippen LogP contribution < -0.4 is 10.1 Å². The molecule has 0 bridgehead atoms. The van der Waals surface area contributed by atoms with Gasteiger partial charge in [-0.25, -0.2) is 4.79 Å². The summed E-state index contributed by atoms with van der Waals surface area (Å²) >= 11 is 0. The molecule has 11 heteroatoms. The van der Waals surface area contributed by atoms with E-state index < -0.39 is 53.4 Å². The molecule has 1 amide bonds. The second-order valence-corrected chi connectivity index (χ2v) is 8.36. The van der Waals surface area contributed by atoms with Gasteiger partial charge in [-0.05, 0) is 47.0 Å². The molecule has 0 spiro atoms. The first-order valence-electron chi connectivity index (χ1n) is 11.3. The van der Waals surface area contributed by atoms with Gasteiger partial charge in [-0.15, -0.1) is 0 Å². The number of benzene rings is 3. The predicted octanol–water partition coefficient (Wildman–Crippen LogP) is 5.75. The van der Waals surface area contributed by atoms with Crippen molar-refractivity contribution < 1.29 is 45.4 Å².